The van der Waals surface area contributed by atoms with E-state index in [1.165, 1.54) is 0 Å². The summed E-state index contributed by atoms with van der Waals surface area (Å²) in [5.74, 6) is 1.86. The Morgan fingerprint density at radius 3 is 2.85 bits per heavy atom. The van der Waals surface area contributed by atoms with Gasteiger partial charge in [-0.15, -0.1) is 0 Å². The molecule has 132 valence electrons. The largest absolute Gasteiger partial charge is 0.489 e. The van der Waals surface area contributed by atoms with Crippen molar-refractivity contribution in [2.75, 3.05) is 6.61 Å². The molecule has 0 spiro atoms. The molecular formula is C20H18N2O4. The first kappa shape index (κ1) is 16.4. The number of rotatable bonds is 5. The third-order valence-electron chi connectivity index (χ3n) is 4.09. The topological polar surface area (TPSA) is 73.7 Å². The van der Waals surface area contributed by atoms with E-state index < -0.39 is 12.2 Å². The first-order valence-corrected chi connectivity index (χ1v) is 8.34. The summed E-state index contributed by atoms with van der Waals surface area (Å²) < 4.78 is 17.3. The molecule has 0 aliphatic carbocycles. The zero-order valence-corrected chi connectivity index (χ0v) is 14.0. The monoisotopic (exact) mass is 350 g/mol. The fraction of sp³-hybridized carbons (Fsp3) is 0.200. The molecule has 3 heterocycles. The van der Waals surface area contributed by atoms with E-state index in [1.54, 1.807) is 42.9 Å². The molecule has 26 heavy (non-hydrogen) atoms. The third-order valence-corrected chi connectivity index (χ3v) is 4.09. The SMILES string of the molecule is OC1c2cc(OCc3ccccn3)ccc2OCC1Oc1cccnc1. The summed E-state index contributed by atoms with van der Waals surface area (Å²) in [6, 6.07) is 14.6. The van der Waals surface area contributed by atoms with Gasteiger partial charge in [0.1, 0.15) is 36.6 Å². The van der Waals surface area contributed by atoms with E-state index in [2.05, 4.69) is 9.97 Å². The predicted molar refractivity (Wildman–Crippen MR) is 94.1 cm³/mol. The second-order valence-electron chi connectivity index (χ2n) is 5.91. The van der Waals surface area contributed by atoms with Crippen LogP contribution in [-0.2, 0) is 6.61 Å². The molecule has 0 saturated carbocycles. The Balaban J connectivity index is 1.48. The summed E-state index contributed by atoms with van der Waals surface area (Å²) in [7, 11) is 0. The maximum atomic E-state index is 10.7. The van der Waals surface area contributed by atoms with Crippen LogP contribution in [0.2, 0.25) is 0 Å². The van der Waals surface area contributed by atoms with E-state index in [-0.39, 0.29) is 6.61 Å². The van der Waals surface area contributed by atoms with Crippen molar-refractivity contribution in [1.29, 1.82) is 0 Å². The highest BCUT2D eigenvalue weighted by atomic mass is 16.5. The Kier molecular flexibility index (Phi) is 4.66. The Labute approximate surface area is 151 Å². The van der Waals surface area contributed by atoms with Gasteiger partial charge in [0.2, 0.25) is 0 Å². The second kappa shape index (κ2) is 7.41. The van der Waals surface area contributed by atoms with Gasteiger partial charge < -0.3 is 19.3 Å². The van der Waals surface area contributed by atoms with Gasteiger partial charge in [0.25, 0.3) is 0 Å². The van der Waals surface area contributed by atoms with Crippen molar-refractivity contribution in [3.05, 3.63) is 78.4 Å². The third kappa shape index (κ3) is 3.60. The predicted octanol–water partition coefficient (Wildman–Crippen LogP) is 2.93. The number of aliphatic hydroxyl groups is 1. The van der Waals surface area contributed by atoms with Crippen LogP contribution in [-0.4, -0.2) is 27.8 Å². The van der Waals surface area contributed by atoms with Crippen molar-refractivity contribution in [3.8, 4) is 17.2 Å². The van der Waals surface area contributed by atoms with Gasteiger partial charge in [-0.05, 0) is 42.5 Å². The number of aromatic nitrogens is 2. The summed E-state index contributed by atoms with van der Waals surface area (Å²) in [4.78, 5) is 8.24. The van der Waals surface area contributed by atoms with Crippen LogP contribution in [0.4, 0.5) is 0 Å². The summed E-state index contributed by atoms with van der Waals surface area (Å²) >= 11 is 0. The van der Waals surface area contributed by atoms with E-state index in [1.807, 2.05) is 24.3 Å². The van der Waals surface area contributed by atoms with Crippen molar-refractivity contribution in [1.82, 2.24) is 9.97 Å². The molecule has 0 radical (unpaired) electrons. The van der Waals surface area contributed by atoms with Crippen LogP contribution >= 0.6 is 0 Å². The number of benzene rings is 1. The molecule has 0 fully saturated rings. The van der Waals surface area contributed by atoms with Crippen LogP contribution in [0.25, 0.3) is 0 Å². The second-order valence-corrected chi connectivity index (χ2v) is 5.91. The van der Waals surface area contributed by atoms with Gasteiger partial charge in [0.05, 0.1) is 11.9 Å². The molecule has 2 aromatic heterocycles. The molecule has 0 bridgehead atoms. The van der Waals surface area contributed by atoms with Crippen LogP contribution in [0.5, 0.6) is 17.2 Å². The Morgan fingerprint density at radius 1 is 1.08 bits per heavy atom. The normalized spacial score (nSPS) is 18.5. The lowest BCUT2D eigenvalue weighted by Crippen LogP contribution is -2.35. The molecule has 1 aliphatic heterocycles. The smallest absolute Gasteiger partial charge is 0.163 e. The highest BCUT2D eigenvalue weighted by molar-refractivity contribution is 5.43. The number of hydrogen-bond donors (Lipinski definition) is 1. The van der Waals surface area contributed by atoms with E-state index in [4.69, 9.17) is 14.2 Å². The summed E-state index contributed by atoms with van der Waals surface area (Å²) in [6.07, 6.45) is 3.66. The van der Waals surface area contributed by atoms with Crippen LogP contribution in [0, 0.1) is 0 Å². The zero-order valence-electron chi connectivity index (χ0n) is 14.0. The van der Waals surface area contributed by atoms with Gasteiger partial charge in [0, 0.05) is 18.0 Å². The number of pyridine rings is 2. The van der Waals surface area contributed by atoms with Gasteiger partial charge in [-0.3, -0.25) is 9.97 Å². The molecule has 0 amide bonds. The molecule has 6 nitrogen and oxygen atoms in total. The van der Waals surface area contributed by atoms with Crippen LogP contribution in [0.15, 0.2) is 67.1 Å². The quantitative estimate of drug-likeness (QED) is 0.763. The standard InChI is InChI=1S/C20H18N2O4/c23-20-17-10-15(24-12-14-4-1-2-9-22-14)6-7-18(17)25-13-19(20)26-16-5-3-8-21-11-16/h1-11,19-20,23H,12-13H2. The maximum absolute atomic E-state index is 10.7. The average Bonchev–Trinajstić information content (AvgIpc) is 2.70. The maximum Gasteiger partial charge on any atom is 0.163 e. The van der Waals surface area contributed by atoms with Crippen molar-refractivity contribution in [2.24, 2.45) is 0 Å². The summed E-state index contributed by atoms with van der Waals surface area (Å²) in [6.45, 7) is 0.614. The minimum absolute atomic E-state index is 0.261. The van der Waals surface area contributed by atoms with Crippen molar-refractivity contribution in [3.63, 3.8) is 0 Å². The number of nitrogens with zero attached hydrogens (tertiary/aromatic N) is 2. The Morgan fingerprint density at radius 2 is 2.04 bits per heavy atom. The first-order valence-electron chi connectivity index (χ1n) is 8.34. The number of hydrogen-bond acceptors (Lipinski definition) is 6. The van der Waals surface area contributed by atoms with Gasteiger partial charge in [0.15, 0.2) is 6.10 Å². The van der Waals surface area contributed by atoms with E-state index in [0.717, 1.165) is 5.69 Å². The fourth-order valence-electron chi connectivity index (χ4n) is 2.77. The minimum Gasteiger partial charge on any atom is -0.489 e. The van der Waals surface area contributed by atoms with Crippen LogP contribution < -0.4 is 14.2 Å². The molecule has 1 N–H and O–H groups in total. The average molecular weight is 350 g/mol. The molecule has 3 aromatic rings. The molecule has 0 saturated heterocycles. The minimum atomic E-state index is -0.822. The van der Waals surface area contributed by atoms with Crippen LogP contribution in [0.3, 0.4) is 0 Å². The van der Waals surface area contributed by atoms with E-state index >= 15 is 0 Å². The molecular weight excluding hydrogens is 332 g/mol. The molecule has 1 aliphatic rings. The van der Waals surface area contributed by atoms with Gasteiger partial charge in [-0.1, -0.05) is 6.07 Å². The van der Waals surface area contributed by atoms with Crippen molar-refractivity contribution >= 4 is 0 Å². The number of ether oxygens (including phenoxy) is 3. The van der Waals surface area contributed by atoms with Gasteiger partial charge >= 0.3 is 0 Å². The molecule has 2 unspecified atom stereocenters. The number of aliphatic hydroxyl groups excluding tert-OH is 1. The fourth-order valence-corrected chi connectivity index (χ4v) is 2.77. The molecule has 2 atom stereocenters. The Hall–Kier alpha value is -3.12. The lowest BCUT2D eigenvalue weighted by atomic mass is 10.0. The molecule has 4 rings (SSSR count). The van der Waals surface area contributed by atoms with E-state index in [0.29, 0.717) is 29.4 Å². The lowest BCUT2D eigenvalue weighted by molar-refractivity contribution is -0.0106. The molecule has 1 aromatic carbocycles. The summed E-state index contributed by atoms with van der Waals surface area (Å²) in [5, 5.41) is 10.7. The van der Waals surface area contributed by atoms with Crippen molar-refractivity contribution in [2.45, 2.75) is 18.8 Å². The summed E-state index contributed by atoms with van der Waals surface area (Å²) in [5.41, 5.74) is 1.48. The van der Waals surface area contributed by atoms with Gasteiger partial charge in [-0.25, -0.2) is 0 Å². The van der Waals surface area contributed by atoms with E-state index in [9.17, 15) is 5.11 Å². The highest BCUT2D eigenvalue weighted by Gasteiger charge is 2.31. The highest BCUT2D eigenvalue weighted by Crippen LogP contribution is 2.36. The lowest BCUT2D eigenvalue weighted by Gasteiger charge is -2.30. The van der Waals surface area contributed by atoms with Gasteiger partial charge in [-0.2, -0.15) is 0 Å². The Bertz CT molecular complexity index is 858. The molecule has 6 heteroatoms. The zero-order chi connectivity index (χ0) is 17.8. The first-order chi connectivity index (χ1) is 12.8. The number of fused-ring (bicyclic) bond motifs is 1. The van der Waals surface area contributed by atoms with Crippen molar-refractivity contribution < 1.29 is 19.3 Å². The van der Waals surface area contributed by atoms with Crippen LogP contribution in [0.1, 0.15) is 17.4 Å².